The predicted octanol–water partition coefficient (Wildman–Crippen LogP) is 3.89. The molecule has 100 valence electrons. The van der Waals surface area contributed by atoms with Gasteiger partial charge < -0.3 is 0 Å². The summed E-state index contributed by atoms with van der Waals surface area (Å²) in [6.45, 7) is 0. The third-order valence-corrected chi connectivity index (χ3v) is 5.64. The normalized spacial score (nSPS) is 19.1. The second kappa shape index (κ2) is 5.85. The van der Waals surface area contributed by atoms with E-state index in [9.17, 15) is 4.79 Å². The standard InChI is InChI=1S/C14H20BrNOS/c1-16(2)14(8-4-3-5-9-14)12(17)10-11-6-7-13(15)18-11/h6-7H,3-5,8-10H2,1-2H3. The fourth-order valence-electron chi connectivity index (χ4n) is 2.88. The molecular formula is C14H20BrNOS. The summed E-state index contributed by atoms with van der Waals surface area (Å²) in [6.07, 6.45) is 6.24. The van der Waals surface area contributed by atoms with Crippen molar-refractivity contribution in [1.82, 2.24) is 4.90 Å². The molecule has 0 aromatic carbocycles. The maximum Gasteiger partial charge on any atom is 0.158 e. The maximum absolute atomic E-state index is 12.7. The number of carbonyl (C=O) groups excluding carboxylic acids is 1. The first kappa shape index (κ1) is 14.2. The van der Waals surface area contributed by atoms with Crippen LogP contribution in [0.5, 0.6) is 0 Å². The highest BCUT2D eigenvalue weighted by atomic mass is 79.9. The average molecular weight is 330 g/mol. The van der Waals surface area contributed by atoms with Gasteiger partial charge in [0.1, 0.15) is 0 Å². The van der Waals surface area contributed by atoms with Crippen LogP contribution in [0.3, 0.4) is 0 Å². The van der Waals surface area contributed by atoms with Gasteiger partial charge in [0.2, 0.25) is 0 Å². The third-order valence-electron chi connectivity index (χ3n) is 4.02. The lowest BCUT2D eigenvalue weighted by Crippen LogP contribution is -2.53. The molecule has 1 aromatic heterocycles. The summed E-state index contributed by atoms with van der Waals surface area (Å²) < 4.78 is 1.10. The van der Waals surface area contributed by atoms with Crippen LogP contribution in [0.1, 0.15) is 37.0 Å². The molecule has 0 spiro atoms. The number of hydrogen-bond donors (Lipinski definition) is 0. The zero-order chi connectivity index (χ0) is 13.2. The lowest BCUT2D eigenvalue weighted by Gasteiger charge is -2.41. The van der Waals surface area contributed by atoms with Gasteiger partial charge in [0, 0.05) is 11.3 Å². The van der Waals surface area contributed by atoms with E-state index in [-0.39, 0.29) is 5.54 Å². The molecule has 0 radical (unpaired) electrons. The number of likely N-dealkylation sites (N-methyl/N-ethyl adjacent to an activating group) is 1. The van der Waals surface area contributed by atoms with Crippen LogP contribution < -0.4 is 0 Å². The van der Waals surface area contributed by atoms with Crippen LogP contribution in [0.4, 0.5) is 0 Å². The highest BCUT2D eigenvalue weighted by Gasteiger charge is 2.40. The monoisotopic (exact) mass is 329 g/mol. The molecule has 0 amide bonds. The number of nitrogens with zero attached hydrogens (tertiary/aromatic N) is 1. The van der Waals surface area contributed by atoms with Crippen LogP contribution >= 0.6 is 27.3 Å². The van der Waals surface area contributed by atoms with Crippen LogP contribution in [0.2, 0.25) is 0 Å². The van der Waals surface area contributed by atoms with E-state index in [0.29, 0.717) is 12.2 Å². The van der Waals surface area contributed by atoms with Gasteiger partial charge in [0.15, 0.2) is 5.78 Å². The van der Waals surface area contributed by atoms with E-state index in [1.807, 2.05) is 20.2 Å². The number of ketones is 1. The molecule has 0 atom stereocenters. The Hall–Kier alpha value is -0.190. The summed E-state index contributed by atoms with van der Waals surface area (Å²) in [6, 6.07) is 4.08. The Balaban J connectivity index is 2.13. The van der Waals surface area contributed by atoms with E-state index < -0.39 is 0 Å². The summed E-state index contributed by atoms with van der Waals surface area (Å²) in [5, 5.41) is 0. The zero-order valence-corrected chi connectivity index (χ0v) is 13.4. The van der Waals surface area contributed by atoms with Crippen molar-refractivity contribution in [3.63, 3.8) is 0 Å². The molecule has 4 heteroatoms. The minimum atomic E-state index is -0.214. The minimum absolute atomic E-state index is 0.214. The predicted molar refractivity (Wildman–Crippen MR) is 80.2 cm³/mol. The van der Waals surface area contributed by atoms with E-state index in [1.165, 1.54) is 24.1 Å². The Bertz CT molecular complexity index is 421. The first-order valence-electron chi connectivity index (χ1n) is 6.49. The van der Waals surface area contributed by atoms with Crippen molar-refractivity contribution in [3.05, 3.63) is 20.8 Å². The average Bonchev–Trinajstić information content (AvgIpc) is 2.75. The first-order valence-corrected chi connectivity index (χ1v) is 8.10. The van der Waals surface area contributed by atoms with E-state index >= 15 is 0 Å². The van der Waals surface area contributed by atoms with Crippen molar-refractivity contribution in [2.45, 2.75) is 44.1 Å². The lowest BCUT2D eigenvalue weighted by molar-refractivity contribution is -0.131. The van der Waals surface area contributed by atoms with E-state index in [1.54, 1.807) is 11.3 Å². The molecular weight excluding hydrogens is 310 g/mol. The fourth-order valence-corrected chi connectivity index (χ4v) is 4.36. The highest BCUT2D eigenvalue weighted by Crippen LogP contribution is 2.34. The van der Waals surface area contributed by atoms with Gasteiger partial charge in [0.25, 0.3) is 0 Å². The molecule has 0 N–H and O–H groups in total. The number of halogens is 1. The molecule has 2 nitrogen and oxygen atoms in total. The van der Waals surface area contributed by atoms with Crippen LogP contribution in [0, 0.1) is 0 Å². The molecule has 0 saturated heterocycles. The van der Waals surface area contributed by atoms with E-state index in [0.717, 1.165) is 16.6 Å². The highest BCUT2D eigenvalue weighted by molar-refractivity contribution is 9.11. The largest absolute Gasteiger partial charge is 0.297 e. The van der Waals surface area contributed by atoms with Crippen molar-refractivity contribution in [2.24, 2.45) is 0 Å². The smallest absolute Gasteiger partial charge is 0.158 e. The quantitative estimate of drug-likeness (QED) is 0.835. The summed E-state index contributed by atoms with van der Waals surface area (Å²) in [4.78, 5) is 16.0. The van der Waals surface area contributed by atoms with Gasteiger partial charge in [-0.2, -0.15) is 0 Å². The third kappa shape index (κ3) is 2.86. The van der Waals surface area contributed by atoms with Crippen molar-refractivity contribution >= 4 is 33.0 Å². The topological polar surface area (TPSA) is 20.3 Å². The van der Waals surface area contributed by atoms with Crippen molar-refractivity contribution in [1.29, 1.82) is 0 Å². The summed E-state index contributed by atoms with van der Waals surface area (Å²) >= 11 is 5.13. The first-order chi connectivity index (χ1) is 8.54. The molecule has 1 fully saturated rings. The van der Waals surface area contributed by atoms with Gasteiger partial charge in [-0.05, 0) is 55.0 Å². The van der Waals surface area contributed by atoms with Gasteiger partial charge in [-0.25, -0.2) is 0 Å². The molecule has 1 saturated carbocycles. The molecule has 0 unspecified atom stereocenters. The van der Waals surface area contributed by atoms with Gasteiger partial charge >= 0.3 is 0 Å². The molecule has 0 bridgehead atoms. The lowest BCUT2D eigenvalue weighted by atomic mass is 9.76. The number of Topliss-reactive ketones (excluding diaryl/α,β-unsaturated/α-hetero) is 1. The van der Waals surface area contributed by atoms with Crippen LogP contribution in [0.25, 0.3) is 0 Å². The summed E-state index contributed by atoms with van der Waals surface area (Å²) in [7, 11) is 4.10. The van der Waals surface area contributed by atoms with E-state index in [2.05, 4.69) is 26.9 Å². The van der Waals surface area contributed by atoms with Crippen LogP contribution in [0.15, 0.2) is 15.9 Å². The maximum atomic E-state index is 12.7. The number of thiophene rings is 1. The van der Waals surface area contributed by atoms with E-state index in [4.69, 9.17) is 0 Å². The molecule has 18 heavy (non-hydrogen) atoms. The van der Waals surface area contributed by atoms with Crippen LogP contribution in [-0.4, -0.2) is 30.3 Å². The number of rotatable bonds is 4. The second-order valence-corrected chi connectivity index (χ2v) is 7.84. The Kier molecular flexibility index (Phi) is 4.62. The van der Waals surface area contributed by atoms with Gasteiger partial charge in [-0.3, -0.25) is 9.69 Å². The Morgan fingerprint density at radius 1 is 1.33 bits per heavy atom. The van der Waals surface area contributed by atoms with Gasteiger partial charge in [-0.1, -0.05) is 19.3 Å². The molecule has 1 aliphatic carbocycles. The Labute approximate surface area is 122 Å². The Morgan fingerprint density at radius 2 is 2.00 bits per heavy atom. The molecule has 2 rings (SSSR count). The van der Waals surface area contributed by atoms with Crippen LogP contribution in [-0.2, 0) is 11.2 Å². The summed E-state index contributed by atoms with van der Waals surface area (Å²) in [5.41, 5.74) is -0.214. The fraction of sp³-hybridized carbons (Fsp3) is 0.643. The molecule has 0 aliphatic heterocycles. The molecule has 1 aliphatic rings. The van der Waals surface area contributed by atoms with Crippen molar-refractivity contribution < 1.29 is 4.79 Å². The molecule has 1 heterocycles. The Morgan fingerprint density at radius 3 is 2.50 bits per heavy atom. The zero-order valence-electron chi connectivity index (χ0n) is 11.0. The summed E-state index contributed by atoms with van der Waals surface area (Å²) in [5.74, 6) is 0.390. The van der Waals surface area contributed by atoms with Gasteiger partial charge in [-0.15, -0.1) is 11.3 Å². The number of hydrogen-bond acceptors (Lipinski definition) is 3. The molecule has 1 aromatic rings. The van der Waals surface area contributed by atoms with Crippen molar-refractivity contribution in [3.8, 4) is 0 Å². The SMILES string of the molecule is CN(C)C1(C(=O)Cc2ccc(Br)s2)CCCCC1. The minimum Gasteiger partial charge on any atom is -0.297 e. The van der Waals surface area contributed by atoms with Gasteiger partial charge in [0.05, 0.1) is 9.33 Å². The number of carbonyl (C=O) groups is 1. The second-order valence-electron chi connectivity index (χ2n) is 5.29. The van der Waals surface area contributed by atoms with Crippen molar-refractivity contribution in [2.75, 3.05) is 14.1 Å².